The van der Waals surface area contributed by atoms with E-state index in [0.717, 1.165) is 21.8 Å². The van der Waals surface area contributed by atoms with Crippen molar-refractivity contribution in [3.05, 3.63) is 34.9 Å². The highest BCUT2D eigenvalue weighted by molar-refractivity contribution is 6.28. The van der Waals surface area contributed by atoms with E-state index in [9.17, 15) is 19.2 Å². The lowest BCUT2D eigenvalue weighted by Gasteiger charge is -2.12. The van der Waals surface area contributed by atoms with Crippen molar-refractivity contribution >= 4 is 23.4 Å². The fourth-order valence-electron chi connectivity index (χ4n) is 2.20. The van der Waals surface area contributed by atoms with Gasteiger partial charge in [0.05, 0.1) is 23.5 Å². The first-order chi connectivity index (χ1) is 9.43. The molecule has 0 saturated carbocycles. The van der Waals surface area contributed by atoms with E-state index in [2.05, 4.69) is 10.2 Å². The van der Waals surface area contributed by atoms with Crippen LogP contribution < -0.4 is 0 Å². The first-order valence-electron chi connectivity index (χ1n) is 5.70. The molecule has 0 spiro atoms. The highest BCUT2D eigenvalue weighted by Crippen LogP contribution is 2.26. The Bertz CT molecular complexity index is 743. The normalized spacial score (nSPS) is 13.1. The van der Waals surface area contributed by atoms with Crippen molar-refractivity contribution in [1.29, 1.82) is 0 Å². The predicted molar refractivity (Wildman–Crippen MR) is 63.9 cm³/mol. The van der Waals surface area contributed by atoms with E-state index in [1.807, 2.05) is 0 Å². The number of hydrogen-bond acceptors (Lipinski definition) is 6. The molecule has 0 aromatic carbocycles. The van der Waals surface area contributed by atoms with Crippen LogP contribution in [0.3, 0.4) is 0 Å². The molecular weight excluding hydrogens is 264 g/mol. The second kappa shape index (κ2) is 3.80. The summed E-state index contributed by atoms with van der Waals surface area (Å²) in [6.07, 6.45) is 2.30. The van der Waals surface area contributed by atoms with Crippen molar-refractivity contribution in [2.45, 2.75) is 13.8 Å². The van der Waals surface area contributed by atoms with Gasteiger partial charge in [-0.1, -0.05) is 0 Å². The van der Waals surface area contributed by atoms with Gasteiger partial charge in [0.1, 0.15) is 11.4 Å². The number of nitrogens with zero attached hydrogens (tertiary/aromatic N) is 4. The third kappa shape index (κ3) is 1.35. The first-order valence-corrected chi connectivity index (χ1v) is 5.70. The minimum Gasteiger partial charge on any atom is -0.287 e. The van der Waals surface area contributed by atoms with Gasteiger partial charge in [0, 0.05) is 13.8 Å². The van der Waals surface area contributed by atoms with Crippen LogP contribution in [-0.2, 0) is 0 Å². The van der Waals surface area contributed by atoms with Crippen molar-refractivity contribution in [3.63, 3.8) is 0 Å². The van der Waals surface area contributed by atoms with Crippen molar-refractivity contribution in [2.24, 2.45) is 0 Å². The highest BCUT2D eigenvalue weighted by Gasteiger charge is 2.38. The predicted octanol–water partition coefficient (Wildman–Crippen LogP) is 0.175. The summed E-state index contributed by atoms with van der Waals surface area (Å²) in [6.45, 7) is 2.47. The van der Waals surface area contributed by atoms with Gasteiger partial charge in [-0.05, 0) is 0 Å². The molecule has 2 aromatic rings. The number of rotatable bonds is 0. The molecule has 2 heterocycles. The van der Waals surface area contributed by atoms with E-state index in [0.29, 0.717) is 0 Å². The minimum atomic E-state index is -0.546. The topological polar surface area (TPSA) is 104 Å². The molecule has 0 unspecified atom stereocenters. The molecule has 0 atom stereocenters. The zero-order valence-electron chi connectivity index (χ0n) is 10.6. The van der Waals surface area contributed by atoms with Gasteiger partial charge in [-0.15, -0.1) is 0 Å². The summed E-state index contributed by atoms with van der Waals surface area (Å²) in [5, 5.41) is 7.49. The molecule has 0 saturated heterocycles. The number of ketones is 2. The number of hydrogen-bond donors (Lipinski definition) is 0. The quantitative estimate of drug-likeness (QED) is 0.578. The number of aromatic nitrogens is 4. The zero-order valence-corrected chi connectivity index (χ0v) is 10.6. The van der Waals surface area contributed by atoms with Gasteiger partial charge < -0.3 is 0 Å². The molecule has 8 nitrogen and oxygen atoms in total. The SMILES string of the molecule is CC(=O)n1ncc2c1C(=O)c1cnn(C(C)=O)c1C2=O. The van der Waals surface area contributed by atoms with Crippen molar-refractivity contribution < 1.29 is 19.2 Å². The number of carbonyl (C=O) groups is 4. The average molecular weight is 272 g/mol. The Labute approximate surface area is 112 Å². The summed E-state index contributed by atoms with van der Waals surface area (Å²) in [6, 6.07) is 0. The Kier molecular flexibility index (Phi) is 2.31. The van der Waals surface area contributed by atoms with Crippen LogP contribution in [0, 0.1) is 0 Å². The van der Waals surface area contributed by atoms with Gasteiger partial charge >= 0.3 is 0 Å². The lowest BCUT2D eigenvalue weighted by atomic mass is 9.93. The summed E-state index contributed by atoms with van der Waals surface area (Å²) in [4.78, 5) is 47.5. The van der Waals surface area contributed by atoms with E-state index < -0.39 is 23.4 Å². The standard InChI is InChI=1S/C12H8N4O4/c1-5(17)15-9-7(3-13-15)12(20)10-8(11(9)19)4-14-16(10)6(2)18/h3-4H,1-2H3. The van der Waals surface area contributed by atoms with Crippen LogP contribution in [0.5, 0.6) is 0 Å². The van der Waals surface area contributed by atoms with Crippen LogP contribution in [0.4, 0.5) is 0 Å². The summed E-state index contributed by atoms with van der Waals surface area (Å²) < 4.78 is 1.76. The molecule has 20 heavy (non-hydrogen) atoms. The summed E-state index contributed by atoms with van der Waals surface area (Å²) >= 11 is 0. The molecule has 0 radical (unpaired) electrons. The van der Waals surface area contributed by atoms with Gasteiger partial charge in [-0.25, -0.2) is 0 Å². The number of fused-ring (bicyclic) bond motifs is 2. The third-order valence-electron chi connectivity index (χ3n) is 3.05. The molecular formula is C12H8N4O4. The smallest absolute Gasteiger partial charge is 0.244 e. The molecule has 0 aliphatic heterocycles. The molecule has 0 fully saturated rings. The van der Waals surface area contributed by atoms with Gasteiger partial charge in [0.25, 0.3) is 0 Å². The average Bonchev–Trinajstić information content (AvgIpc) is 3.00. The van der Waals surface area contributed by atoms with Crippen molar-refractivity contribution in [2.75, 3.05) is 0 Å². The summed E-state index contributed by atoms with van der Waals surface area (Å²) in [5.41, 5.74) is -0.169. The molecule has 100 valence electrons. The van der Waals surface area contributed by atoms with E-state index in [-0.39, 0.29) is 22.5 Å². The zero-order chi connectivity index (χ0) is 14.6. The Morgan fingerprint density at radius 1 is 0.850 bits per heavy atom. The van der Waals surface area contributed by atoms with Crippen LogP contribution in [0.15, 0.2) is 12.4 Å². The minimum absolute atomic E-state index is 0.000648. The van der Waals surface area contributed by atoms with Crippen molar-refractivity contribution in [1.82, 2.24) is 19.6 Å². The fraction of sp³-hybridized carbons (Fsp3) is 0.167. The Hall–Kier alpha value is -2.90. The maximum atomic E-state index is 12.3. The third-order valence-corrected chi connectivity index (χ3v) is 3.05. The van der Waals surface area contributed by atoms with Crippen molar-refractivity contribution in [3.8, 4) is 0 Å². The Morgan fingerprint density at radius 3 is 1.50 bits per heavy atom. The lowest BCUT2D eigenvalue weighted by molar-refractivity contribution is 0.0879. The maximum absolute atomic E-state index is 12.3. The van der Waals surface area contributed by atoms with E-state index >= 15 is 0 Å². The second-order valence-corrected chi connectivity index (χ2v) is 4.33. The molecule has 0 N–H and O–H groups in total. The van der Waals surface area contributed by atoms with Crippen LogP contribution in [-0.4, -0.2) is 42.9 Å². The van der Waals surface area contributed by atoms with Crippen LogP contribution >= 0.6 is 0 Å². The van der Waals surface area contributed by atoms with E-state index in [1.165, 1.54) is 13.8 Å². The Morgan fingerprint density at radius 2 is 1.20 bits per heavy atom. The largest absolute Gasteiger partial charge is 0.287 e. The molecule has 0 amide bonds. The number of carbonyl (C=O) groups excluding carboxylic acids is 4. The van der Waals surface area contributed by atoms with Crippen LogP contribution in [0.2, 0.25) is 0 Å². The first kappa shape index (κ1) is 12.2. The van der Waals surface area contributed by atoms with E-state index in [4.69, 9.17) is 0 Å². The molecule has 0 bridgehead atoms. The Balaban J connectivity index is 2.30. The monoisotopic (exact) mass is 272 g/mol. The highest BCUT2D eigenvalue weighted by atomic mass is 16.2. The van der Waals surface area contributed by atoms with Crippen LogP contribution in [0.25, 0.3) is 0 Å². The second-order valence-electron chi connectivity index (χ2n) is 4.33. The molecule has 1 aliphatic carbocycles. The molecule has 2 aromatic heterocycles. The fourth-order valence-corrected chi connectivity index (χ4v) is 2.20. The van der Waals surface area contributed by atoms with Crippen LogP contribution in [0.1, 0.15) is 55.5 Å². The van der Waals surface area contributed by atoms with E-state index in [1.54, 1.807) is 0 Å². The summed E-state index contributed by atoms with van der Waals surface area (Å²) in [7, 11) is 0. The maximum Gasteiger partial charge on any atom is 0.244 e. The van der Waals surface area contributed by atoms with Gasteiger partial charge in [0.2, 0.25) is 23.4 Å². The van der Waals surface area contributed by atoms with Gasteiger partial charge in [-0.3, -0.25) is 19.2 Å². The summed E-state index contributed by atoms with van der Waals surface area (Å²) in [5.74, 6) is -2.05. The lowest BCUT2D eigenvalue weighted by Crippen LogP contribution is -2.27. The molecule has 1 aliphatic rings. The molecule has 8 heteroatoms. The molecule has 3 rings (SSSR count). The van der Waals surface area contributed by atoms with Gasteiger partial charge in [-0.2, -0.15) is 19.6 Å². The van der Waals surface area contributed by atoms with Gasteiger partial charge in [0.15, 0.2) is 0 Å².